The maximum Gasteiger partial charge on any atom is 0.222 e. The molecule has 1 aromatic carbocycles. The monoisotopic (exact) mass is 315 g/mol. The van der Waals surface area contributed by atoms with Gasteiger partial charge in [0.1, 0.15) is 17.4 Å². The van der Waals surface area contributed by atoms with Crippen molar-refractivity contribution in [3.63, 3.8) is 0 Å². The highest BCUT2D eigenvalue weighted by Gasteiger charge is 2.40. The van der Waals surface area contributed by atoms with Gasteiger partial charge in [0.15, 0.2) is 0 Å². The number of likely N-dealkylation sites (tertiary alicyclic amines) is 1. The second kappa shape index (κ2) is 6.57. The third kappa shape index (κ3) is 2.78. The van der Waals surface area contributed by atoms with Gasteiger partial charge in [0.05, 0.1) is 11.7 Å². The Morgan fingerprint density at radius 3 is 2.78 bits per heavy atom. The number of nitrogens with zero attached hydrogens (tertiary/aromatic N) is 3. The lowest BCUT2D eigenvalue weighted by atomic mass is 10.0. The maximum atomic E-state index is 14.0. The van der Waals surface area contributed by atoms with Crippen molar-refractivity contribution in [3.05, 3.63) is 29.6 Å². The van der Waals surface area contributed by atoms with Gasteiger partial charge in [-0.15, -0.1) is 0 Å². The van der Waals surface area contributed by atoms with Crippen molar-refractivity contribution >= 4 is 11.6 Å². The van der Waals surface area contributed by atoms with Gasteiger partial charge in [-0.05, 0) is 37.8 Å². The number of hydrogen-bond acceptors (Lipinski definition) is 3. The number of nitriles is 1. The summed E-state index contributed by atoms with van der Waals surface area (Å²) in [6.07, 6.45) is 4.53. The molecule has 0 radical (unpaired) electrons. The van der Waals surface area contributed by atoms with E-state index in [0.29, 0.717) is 12.1 Å². The van der Waals surface area contributed by atoms with E-state index in [2.05, 4.69) is 4.90 Å². The molecule has 0 aromatic heterocycles. The number of halogens is 1. The normalized spacial score (nSPS) is 24.0. The highest BCUT2D eigenvalue weighted by atomic mass is 19.1. The molecule has 3 rings (SSSR count). The van der Waals surface area contributed by atoms with Gasteiger partial charge in [-0.3, -0.25) is 4.79 Å². The molecule has 2 heterocycles. The second-order valence-corrected chi connectivity index (χ2v) is 6.30. The SMILES string of the molecule is CCC(=O)N1CCC[C@@H]1[C@H]1CCCN1c1cccc(F)c1C#N. The van der Waals surface area contributed by atoms with Crippen LogP contribution in [-0.4, -0.2) is 36.0 Å². The van der Waals surface area contributed by atoms with Crippen LogP contribution in [0.1, 0.15) is 44.6 Å². The van der Waals surface area contributed by atoms with Crippen LogP contribution in [-0.2, 0) is 4.79 Å². The van der Waals surface area contributed by atoms with Crippen LogP contribution in [0.4, 0.5) is 10.1 Å². The lowest BCUT2D eigenvalue weighted by molar-refractivity contribution is -0.132. The fourth-order valence-electron chi connectivity index (χ4n) is 4.06. The van der Waals surface area contributed by atoms with Crippen LogP contribution < -0.4 is 4.90 Å². The molecule has 2 aliphatic rings. The van der Waals surface area contributed by atoms with Gasteiger partial charge >= 0.3 is 0 Å². The minimum atomic E-state index is -0.469. The third-order valence-corrected chi connectivity index (χ3v) is 5.08. The molecule has 2 atom stereocenters. The van der Waals surface area contributed by atoms with Crippen molar-refractivity contribution in [3.8, 4) is 6.07 Å². The fourth-order valence-corrected chi connectivity index (χ4v) is 4.06. The molecule has 0 unspecified atom stereocenters. The van der Waals surface area contributed by atoms with E-state index in [9.17, 15) is 14.4 Å². The summed E-state index contributed by atoms with van der Waals surface area (Å²) >= 11 is 0. The third-order valence-electron chi connectivity index (χ3n) is 5.08. The van der Waals surface area contributed by atoms with E-state index in [1.165, 1.54) is 6.07 Å². The summed E-state index contributed by atoms with van der Waals surface area (Å²) < 4.78 is 14.0. The lowest BCUT2D eigenvalue weighted by Crippen LogP contribution is -2.48. The quantitative estimate of drug-likeness (QED) is 0.861. The van der Waals surface area contributed by atoms with Crippen molar-refractivity contribution < 1.29 is 9.18 Å². The van der Waals surface area contributed by atoms with Crippen molar-refractivity contribution in [2.75, 3.05) is 18.0 Å². The molecule has 0 saturated carbocycles. The minimum absolute atomic E-state index is 0.116. The zero-order chi connectivity index (χ0) is 16.4. The van der Waals surface area contributed by atoms with Gasteiger partial charge in [0.25, 0.3) is 0 Å². The van der Waals surface area contributed by atoms with Crippen LogP contribution in [0.5, 0.6) is 0 Å². The van der Waals surface area contributed by atoms with Crippen LogP contribution in [0, 0.1) is 17.1 Å². The van der Waals surface area contributed by atoms with Crippen LogP contribution in [0.25, 0.3) is 0 Å². The molecule has 2 fully saturated rings. The smallest absolute Gasteiger partial charge is 0.222 e. The highest BCUT2D eigenvalue weighted by Crippen LogP contribution is 2.35. The van der Waals surface area contributed by atoms with Crippen LogP contribution >= 0.6 is 0 Å². The van der Waals surface area contributed by atoms with E-state index in [1.807, 2.05) is 24.0 Å². The second-order valence-electron chi connectivity index (χ2n) is 6.30. The molecule has 0 bridgehead atoms. The fraction of sp³-hybridized carbons (Fsp3) is 0.556. The van der Waals surface area contributed by atoms with Crippen molar-refractivity contribution in [1.29, 1.82) is 5.26 Å². The standard InChI is InChI=1S/C18H22FN3O/c1-2-18(23)22-11-5-9-17(22)16-8-4-10-21(16)15-7-3-6-14(19)13(15)12-20/h3,6-7,16-17H,2,4-5,8-11H2,1H3/t16-,17-/m1/s1. The first kappa shape index (κ1) is 15.8. The number of benzene rings is 1. The zero-order valence-electron chi connectivity index (χ0n) is 13.5. The average Bonchev–Trinajstić information content (AvgIpc) is 3.22. The van der Waals surface area contributed by atoms with Crippen molar-refractivity contribution in [2.45, 2.75) is 51.1 Å². The van der Waals surface area contributed by atoms with E-state index >= 15 is 0 Å². The molecule has 0 spiro atoms. The van der Waals surface area contributed by atoms with E-state index in [0.717, 1.165) is 38.8 Å². The minimum Gasteiger partial charge on any atom is -0.365 e. The molecule has 122 valence electrons. The van der Waals surface area contributed by atoms with Gasteiger partial charge < -0.3 is 9.80 Å². The Bertz CT molecular complexity index is 640. The molecule has 0 N–H and O–H groups in total. The summed E-state index contributed by atoms with van der Waals surface area (Å²) in [7, 11) is 0. The van der Waals surface area contributed by atoms with E-state index in [4.69, 9.17) is 0 Å². The van der Waals surface area contributed by atoms with Gasteiger partial charge in [-0.25, -0.2) is 4.39 Å². The Balaban J connectivity index is 1.91. The van der Waals surface area contributed by atoms with E-state index in [1.54, 1.807) is 6.07 Å². The first-order valence-electron chi connectivity index (χ1n) is 8.42. The summed E-state index contributed by atoms with van der Waals surface area (Å²) in [5, 5.41) is 9.31. The van der Waals surface area contributed by atoms with Gasteiger partial charge in [0.2, 0.25) is 5.91 Å². The van der Waals surface area contributed by atoms with Crippen molar-refractivity contribution in [2.24, 2.45) is 0 Å². The predicted molar refractivity (Wildman–Crippen MR) is 86.5 cm³/mol. The number of amides is 1. The predicted octanol–water partition coefficient (Wildman–Crippen LogP) is 3.07. The first-order valence-corrected chi connectivity index (χ1v) is 8.42. The number of hydrogen-bond donors (Lipinski definition) is 0. The summed E-state index contributed by atoms with van der Waals surface area (Å²) in [5.41, 5.74) is 0.788. The molecule has 1 amide bonds. The largest absolute Gasteiger partial charge is 0.365 e. The Morgan fingerprint density at radius 2 is 2.04 bits per heavy atom. The first-order chi connectivity index (χ1) is 11.2. The molecule has 23 heavy (non-hydrogen) atoms. The number of carbonyl (C=O) groups is 1. The number of rotatable bonds is 3. The van der Waals surface area contributed by atoms with Crippen LogP contribution in [0.2, 0.25) is 0 Å². The Labute approximate surface area is 136 Å². The van der Waals surface area contributed by atoms with Crippen LogP contribution in [0.15, 0.2) is 18.2 Å². The molecule has 5 heteroatoms. The highest BCUT2D eigenvalue weighted by molar-refractivity contribution is 5.76. The van der Waals surface area contributed by atoms with E-state index < -0.39 is 5.82 Å². The zero-order valence-corrected chi connectivity index (χ0v) is 13.5. The van der Waals surface area contributed by atoms with Gasteiger partial charge in [-0.1, -0.05) is 13.0 Å². The van der Waals surface area contributed by atoms with Crippen LogP contribution in [0.3, 0.4) is 0 Å². The summed E-state index contributed by atoms with van der Waals surface area (Å²) in [5.74, 6) is -0.275. The summed E-state index contributed by atoms with van der Waals surface area (Å²) in [6.45, 7) is 3.52. The number of anilines is 1. The molecule has 0 aliphatic carbocycles. The molecule has 4 nitrogen and oxygen atoms in total. The molecule has 2 aliphatic heterocycles. The summed E-state index contributed by atoms with van der Waals surface area (Å²) in [6, 6.07) is 7.17. The lowest BCUT2D eigenvalue weighted by Gasteiger charge is -2.36. The topological polar surface area (TPSA) is 47.3 Å². The molecule has 2 saturated heterocycles. The van der Waals surface area contributed by atoms with Gasteiger partial charge in [0, 0.05) is 25.6 Å². The Hall–Kier alpha value is -2.09. The summed E-state index contributed by atoms with van der Waals surface area (Å²) in [4.78, 5) is 16.3. The molecular weight excluding hydrogens is 293 g/mol. The average molecular weight is 315 g/mol. The Kier molecular flexibility index (Phi) is 4.51. The van der Waals surface area contributed by atoms with Gasteiger partial charge in [-0.2, -0.15) is 5.26 Å². The molecule has 1 aromatic rings. The maximum absolute atomic E-state index is 14.0. The van der Waals surface area contributed by atoms with Crippen molar-refractivity contribution in [1.82, 2.24) is 4.90 Å². The number of carbonyl (C=O) groups excluding carboxylic acids is 1. The molecular formula is C18H22FN3O. The Morgan fingerprint density at radius 1 is 1.30 bits per heavy atom. The van der Waals surface area contributed by atoms with E-state index in [-0.39, 0.29) is 23.6 Å².